The highest BCUT2D eigenvalue weighted by molar-refractivity contribution is 7.15. The second-order valence-corrected chi connectivity index (χ2v) is 7.01. The summed E-state index contributed by atoms with van der Waals surface area (Å²) < 4.78 is 0. The van der Waals surface area contributed by atoms with E-state index in [1.54, 1.807) is 11.4 Å². The van der Waals surface area contributed by atoms with Crippen molar-refractivity contribution in [1.29, 1.82) is 0 Å². The molecule has 0 atom stereocenters. The van der Waals surface area contributed by atoms with Gasteiger partial charge in [-0.15, -0.1) is 10.2 Å². The lowest BCUT2D eigenvalue weighted by atomic mass is 10.1. The average Bonchev–Trinajstić information content (AvgIpc) is 3.09. The quantitative estimate of drug-likeness (QED) is 0.812. The van der Waals surface area contributed by atoms with Crippen LogP contribution in [0, 0.1) is 5.92 Å². The number of thiophene rings is 1. The van der Waals surface area contributed by atoms with Gasteiger partial charge in [0.15, 0.2) is 0 Å². The van der Waals surface area contributed by atoms with E-state index in [-0.39, 0.29) is 24.8 Å². The smallest absolute Gasteiger partial charge is 0.252 e. The molecule has 2 rings (SSSR count). The highest BCUT2D eigenvalue weighted by Crippen LogP contribution is 2.18. The van der Waals surface area contributed by atoms with Gasteiger partial charge in [0, 0.05) is 30.3 Å². The minimum atomic E-state index is -0.183. The standard InChI is InChI=1S/C14H18N4O2S2/c1-9(2)7-12-17-18-14(22-12)16-11(19)3-5-15-13(20)10-4-6-21-8-10/h4,6,8-9H,3,5,7H2,1-2H3,(H,15,20)(H,16,18,19). The van der Waals surface area contributed by atoms with Crippen molar-refractivity contribution >= 4 is 39.6 Å². The Kier molecular flexibility index (Phi) is 6.02. The van der Waals surface area contributed by atoms with Crippen molar-refractivity contribution in [3.05, 3.63) is 27.4 Å². The lowest BCUT2D eigenvalue weighted by molar-refractivity contribution is -0.116. The number of carbonyl (C=O) groups excluding carboxylic acids is 2. The molecule has 8 heteroatoms. The molecule has 0 bridgehead atoms. The largest absolute Gasteiger partial charge is 0.351 e. The van der Waals surface area contributed by atoms with Crippen molar-refractivity contribution in [2.45, 2.75) is 26.7 Å². The van der Waals surface area contributed by atoms with E-state index in [9.17, 15) is 9.59 Å². The summed E-state index contributed by atoms with van der Waals surface area (Å²) in [7, 11) is 0. The van der Waals surface area contributed by atoms with E-state index in [0.29, 0.717) is 16.6 Å². The molecule has 6 nitrogen and oxygen atoms in total. The Morgan fingerprint density at radius 3 is 2.82 bits per heavy atom. The van der Waals surface area contributed by atoms with E-state index in [2.05, 4.69) is 34.7 Å². The van der Waals surface area contributed by atoms with Crippen LogP contribution in [0.4, 0.5) is 5.13 Å². The van der Waals surface area contributed by atoms with Gasteiger partial charge in [-0.1, -0.05) is 25.2 Å². The van der Waals surface area contributed by atoms with Crippen LogP contribution in [0.3, 0.4) is 0 Å². The van der Waals surface area contributed by atoms with Gasteiger partial charge in [-0.05, 0) is 17.4 Å². The first-order valence-corrected chi connectivity index (χ1v) is 8.73. The number of aromatic nitrogens is 2. The lowest BCUT2D eigenvalue weighted by Gasteiger charge is -2.03. The Hall–Kier alpha value is -1.80. The summed E-state index contributed by atoms with van der Waals surface area (Å²) in [6.07, 6.45) is 1.05. The molecule has 0 aliphatic heterocycles. The number of hydrogen-bond donors (Lipinski definition) is 2. The molecule has 0 fully saturated rings. The number of rotatable bonds is 7. The average molecular weight is 338 g/mol. The van der Waals surface area contributed by atoms with Gasteiger partial charge in [0.1, 0.15) is 5.01 Å². The topological polar surface area (TPSA) is 84.0 Å². The van der Waals surface area contributed by atoms with E-state index in [1.807, 2.05) is 5.38 Å². The molecule has 0 spiro atoms. The summed E-state index contributed by atoms with van der Waals surface area (Å²) in [6.45, 7) is 4.50. The predicted octanol–water partition coefficient (Wildman–Crippen LogP) is 2.56. The highest BCUT2D eigenvalue weighted by atomic mass is 32.1. The molecule has 2 amide bonds. The van der Waals surface area contributed by atoms with Gasteiger partial charge < -0.3 is 10.6 Å². The van der Waals surface area contributed by atoms with E-state index in [0.717, 1.165) is 11.4 Å². The SMILES string of the molecule is CC(C)Cc1nnc(NC(=O)CCNC(=O)c2ccsc2)s1. The van der Waals surface area contributed by atoms with Gasteiger partial charge in [0.05, 0.1) is 0 Å². The van der Waals surface area contributed by atoms with Crippen LogP contribution < -0.4 is 10.6 Å². The molecule has 22 heavy (non-hydrogen) atoms. The van der Waals surface area contributed by atoms with Crippen LogP contribution in [-0.4, -0.2) is 28.6 Å². The summed E-state index contributed by atoms with van der Waals surface area (Å²) in [5, 5.41) is 18.4. The molecule has 0 aromatic carbocycles. The van der Waals surface area contributed by atoms with Crippen LogP contribution in [0.1, 0.15) is 35.6 Å². The molecule has 0 aliphatic rings. The van der Waals surface area contributed by atoms with Crippen LogP contribution in [0.25, 0.3) is 0 Å². The molecule has 2 aromatic rings. The number of anilines is 1. The fraction of sp³-hybridized carbons (Fsp3) is 0.429. The van der Waals surface area contributed by atoms with Crippen LogP contribution in [0.5, 0.6) is 0 Å². The maximum atomic E-state index is 11.8. The van der Waals surface area contributed by atoms with E-state index >= 15 is 0 Å². The zero-order chi connectivity index (χ0) is 15.9. The zero-order valence-corrected chi connectivity index (χ0v) is 14.1. The second-order valence-electron chi connectivity index (χ2n) is 5.17. The fourth-order valence-corrected chi connectivity index (χ4v) is 3.31. The number of hydrogen-bond acceptors (Lipinski definition) is 6. The van der Waals surface area contributed by atoms with Gasteiger partial charge in [-0.3, -0.25) is 9.59 Å². The lowest BCUT2D eigenvalue weighted by Crippen LogP contribution is -2.27. The maximum absolute atomic E-state index is 11.8. The van der Waals surface area contributed by atoms with Crippen LogP contribution in [0.15, 0.2) is 16.8 Å². The van der Waals surface area contributed by atoms with Crippen molar-refractivity contribution in [3.63, 3.8) is 0 Å². The van der Waals surface area contributed by atoms with Crippen molar-refractivity contribution in [3.8, 4) is 0 Å². The minimum absolute atomic E-state index is 0.163. The summed E-state index contributed by atoms with van der Waals surface area (Å²) in [5.74, 6) is 0.158. The Morgan fingerprint density at radius 1 is 1.32 bits per heavy atom. The molecule has 2 N–H and O–H groups in total. The number of amides is 2. The molecule has 0 aliphatic carbocycles. The first-order chi connectivity index (χ1) is 10.5. The number of nitrogens with zero attached hydrogens (tertiary/aromatic N) is 2. The van der Waals surface area contributed by atoms with Crippen molar-refractivity contribution in [2.75, 3.05) is 11.9 Å². The molecule has 2 aromatic heterocycles. The Morgan fingerprint density at radius 2 is 2.14 bits per heavy atom. The molecule has 0 radical (unpaired) electrons. The van der Waals surface area contributed by atoms with E-state index in [4.69, 9.17) is 0 Å². The monoisotopic (exact) mass is 338 g/mol. The van der Waals surface area contributed by atoms with E-state index < -0.39 is 0 Å². The summed E-state index contributed by atoms with van der Waals surface area (Å²) in [5.41, 5.74) is 0.618. The van der Waals surface area contributed by atoms with Gasteiger partial charge in [-0.2, -0.15) is 11.3 Å². The summed E-state index contributed by atoms with van der Waals surface area (Å²) >= 11 is 2.85. The Bertz CT molecular complexity index is 623. The van der Waals surface area contributed by atoms with Gasteiger partial charge in [0.25, 0.3) is 5.91 Å². The molecule has 2 heterocycles. The fourth-order valence-electron chi connectivity index (χ4n) is 1.70. The number of carbonyl (C=O) groups is 2. The number of nitrogens with one attached hydrogen (secondary N) is 2. The van der Waals surface area contributed by atoms with Crippen molar-refractivity contribution in [2.24, 2.45) is 5.92 Å². The first-order valence-electron chi connectivity index (χ1n) is 6.97. The van der Waals surface area contributed by atoms with E-state index in [1.165, 1.54) is 22.7 Å². The summed E-state index contributed by atoms with van der Waals surface area (Å²) in [4.78, 5) is 23.5. The Labute approximate surface area is 137 Å². The first kappa shape index (κ1) is 16.6. The van der Waals surface area contributed by atoms with Gasteiger partial charge in [-0.25, -0.2) is 0 Å². The van der Waals surface area contributed by atoms with Crippen LogP contribution in [0.2, 0.25) is 0 Å². The molecular weight excluding hydrogens is 320 g/mol. The maximum Gasteiger partial charge on any atom is 0.252 e. The highest BCUT2D eigenvalue weighted by Gasteiger charge is 2.10. The second kappa shape index (κ2) is 8.00. The van der Waals surface area contributed by atoms with Gasteiger partial charge >= 0.3 is 0 Å². The zero-order valence-electron chi connectivity index (χ0n) is 12.5. The van der Waals surface area contributed by atoms with Crippen LogP contribution >= 0.6 is 22.7 Å². The van der Waals surface area contributed by atoms with Crippen molar-refractivity contribution in [1.82, 2.24) is 15.5 Å². The molecule has 0 saturated heterocycles. The third-order valence-corrected chi connectivity index (χ3v) is 4.26. The normalized spacial score (nSPS) is 10.7. The van der Waals surface area contributed by atoms with Gasteiger partial charge in [0.2, 0.25) is 11.0 Å². The van der Waals surface area contributed by atoms with Crippen molar-refractivity contribution < 1.29 is 9.59 Å². The summed E-state index contributed by atoms with van der Waals surface area (Å²) in [6, 6.07) is 1.75. The minimum Gasteiger partial charge on any atom is -0.351 e. The third-order valence-electron chi connectivity index (χ3n) is 2.72. The molecular formula is C14H18N4O2S2. The molecule has 118 valence electrons. The Balaban J connectivity index is 1.71. The molecule has 0 saturated carbocycles. The molecule has 0 unspecified atom stereocenters. The van der Waals surface area contributed by atoms with Crippen LogP contribution in [-0.2, 0) is 11.2 Å². The predicted molar refractivity (Wildman–Crippen MR) is 88.3 cm³/mol. The third kappa shape index (κ3) is 5.19.